The van der Waals surface area contributed by atoms with Crippen LogP contribution in [0.3, 0.4) is 0 Å². The Morgan fingerprint density at radius 1 is 1.67 bits per heavy atom. The molecule has 94 valence electrons. The number of aromatic nitrogens is 1. The first kappa shape index (κ1) is 12.6. The van der Waals surface area contributed by atoms with Gasteiger partial charge in [0.2, 0.25) is 0 Å². The lowest BCUT2D eigenvalue weighted by Gasteiger charge is -2.04. The Bertz CT molecular complexity index is 502. The van der Waals surface area contributed by atoms with Crippen LogP contribution >= 0.6 is 0 Å². The van der Waals surface area contributed by atoms with E-state index in [1.54, 1.807) is 18.3 Å². The highest BCUT2D eigenvalue weighted by Crippen LogP contribution is 2.29. The summed E-state index contributed by atoms with van der Waals surface area (Å²) in [5.41, 5.74) is 0.971. The summed E-state index contributed by atoms with van der Waals surface area (Å²) in [6.07, 6.45) is 3.02. The zero-order valence-electron chi connectivity index (χ0n) is 10.3. The molecule has 18 heavy (non-hydrogen) atoms. The molecule has 0 aromatic carbocycles. The third kappa shape index (κ3) is 3.08. The van der Waals surface area contributed by atoms with E-state index in [4.69, 9.17) is 5.11 Å². The highest BCUT2D eigenvalue weighted by atomic mass is 16.2. The first-order valence-electron chi connectivity index (χ1n) is 6.08. The van der Waals surface area contributed by atoms with Gasteiger partial charge in [0.1, 0.15) is 5.69 Å². The molecule has 0 saturated heterocycles. The second-order valence-electron chi connectivity index (χ2n) is 4.47. The number of aliphatic hydroxyl groups excluding tert-OH is 1. The molecule has 0 bridgehead atoms. The van der Waals surface area contributed by atoms with Crippen LogP contribution in [-0.4, -0.2) is 28.6 Å². The first-order chi connectivity index (χ1) is 8.72. The van der Waals surface area contributed by atoms with Crippen LogP contribution in [0.4, 0.5) is 0 Å². The molecule has 2 N–H and O–H groups in total. The van der Waals surface area contributed by atoms with E-state index in [1.165, 1.54) is 0 Å². The van der Waals surface area contributed by atoms with Crippen LogP contribution in [0.1, 0.15) is 35.8 Å². The number of carbonyl (C=O) groups is 1. The molecular weight excluding hydrogens is 228 g/mol. The van der Waals surface area contributed by atoms with Crippen LogP contribution in [0.25, 0.3) is 0 Å². The number of carbonyl (C=O) groups excluding carboxylic acids is 1. The Balaban J connectivity index is 2.11. The molecule has 1 saturated carbocycles. The van der Waals surface area contributed by atoms with Gasteiger partial charge in [-0.25, -0.2) is 4.98 Å². The van der Waals surface area contributed by atoms with E-state index >= 15 is 0 Å². The Morgan fingerprint density at radius 2 is 2.44 bits per heavy atom. The fourth-order valence-electron chi connectivity index (χ4n) is 1.66. The van der Waals surface area contributed by atoms with E-state index < -0.39 is 0 Å². The van der Waals surface area contributed by atoms with Crippen LogP contribution in [-0.2, 0) is 0 Å². The lowest BCUT2D eigenvalue weighted by molar-refractivity contribution is 0.0944. The van der Waals surface area contributed by atoms with Crippen LogP contribution in [0.2, 0.25) is 0 Å². The minimum Gasteiger partial charge on any atom is -0.395 e. The van der Waals surface area contributed by atoms with Crippen molar-refractivity contribution in [1.29, 1.82) is 0 Å². The fraction of sp³-hybridized carbons (Fsp3) is 0.429. The Morgan fingerprint density at radius 3 is 3.11 bits per heavy atom. The minimum absolute atomic E-state index is 0.0222. The molecule has 1 fully saturated rings. The molecule has 0 aliphatic heterocycles. The standard InChI is InChI=1S/C14H16N2O2/c1-10-9-12(10)16-14(18)13-11(5-2-3-8-17)6-4-7-15-13/h4,6-7,10,12,17H,3,8-9H2,1H3,(H,16,18). The third-order valence-corrected chi connectivity index (χ3v) is 2.91. The Labute approximate surface area is 106 Å². The van der Waals surface area contributed by atoms with Gasteiger partial charge in [-0.3, -0.25) is 4.79 Å². The molecule has 1 amide bonds. The molecule has 0 radical (unpaired) electrons. The topological polar surface area (TPSA) is 62.2 Å². The molecule has 1 heterocycles. The number of pyridine rings is 1. The van der Waals surface area contributed by atoms with Crippen molar-refractivity contribution in [2.75, 3.05) is 6.61 Å². The van der Waals surface area contributed by atoms with Gasteiger partial charge < -0.3 is 10.4 Å². The Kier molecular flexibility index (Phi) is 3.96. The number of hydrogen-bond donors (Lipinski definition) is 2. The summed E-state index contributed by atoms with van der Waals surface area (Å²) in [7, 11) is 0. The summed E-state index contributed by atoms with van der Waals surface area (Å²) in [6, 6.07) is 3.79. The maximum absolute atomic E-state index is 12.0. The van der Waals surface area contributed by atoms with Crippen LogP contribution in [0.15, 0.2) is 18.3 Å². The predicted molar refractivity (Wildman–Crippen MR) is 67.9 cm³/mol. The van der Waals surface area contributed by atoms with Crippen molar-refractivity contribution in [1.82, 2.24) is 10.3 Å². The lowest BCUT2D eigenvalue weighted by atomic mass is 10.2. The molecule has 2 rings (SSSR count). The molecule has 4 nitrogen and oxygen atoms in total. The largest absolute Gasteiger partial charge is 0.395 e. The highest BCUT2D eigenvalue weighted by Gasteiger charge is 2.34. The number of rotatable bonds is 3. The van der Waals surface area contributed by atoms with Gasteiger partial charge in [-0.2, -0.15) is 0 Å². The van der Waals surface area contributed by atoms with Gasteiger partial charge >= 0.3 is 0 Å². The number of amides is 1. The average molecular weight is 244 g/mol. The zero-order valence-corrected chi connectivity index (χ0v) is 10.3. The van der Waals surface area contributed by atoms with Crippen molar-refractivity contribution in [3.8, 4) is 11.8 Å². The number of nitrogens with one attached hydrogen (secondary N) is 1. The molecule has 1 aromatic heterocycles. The van der Waals surface area contributed by atoms with Gasteiger partial charge in [0.15, 0.2) is 0 Å². The van der Waals surface area contributed by atoms with Crippen molar-refractivity contribution < 1.29 is 9.90 Å². The van der Waals surface area contributed by atoms with E-state index in [2.05, 4.69) is 29.1 Å². The zero-order chi connectivity index (χ0) is 13.0. The fourth-order valence-corrected chi connectivity index (χ4v) is 1.66. The number of hydrogen-bond acceptors (Lipinski definition) is 3. The summed E-state index contributed by atoms with van der Waals surface area (Å²) in [5, 5.41) is 11.6. The predicted octanol–water partition coefficient (Wildman–Crippen LogP) is 0.954. The summed E-state index contributed by atoms with van der Waals surface area (Å²) >= 11 is 0. The monoisotopic (exact) mass is 244 g/mol. The average Bonchev–Trinajstić information content (AvgIpc) is 3.05. The van der Waals surface area contributed by atoms with Crippen LogP contribution in [0, 0.1) is 17.8 Å². The summed E-state index contributed by atoms with van der Waals surface area (Å²) in [4.78, 5) is 16.1. The van der Waals surface area contributed by atoms with Crippen molar-refractivity contribution in [3.05, 3.63) is 29.6 Å². The maximum atomic E-state index is 12.0. The summed E-state index contributed by atoms with van der Waals surface area (Å²) in [5.74, 6) is 6.06. The maximum Gasteiger partial charge on any atom is 0.271 e. The van der Waals surface area contributed by atoms with Gasteiger partial charge in [-0.15, -0.1) is 0 Å². The molecule has 1 aliphatic carbocycles. The molecule has 4 heteroatoms. The van der Waals surface area contributed by atoms with Crippen LogP contribution < -0.4 is 5.32 Å². The van der Waals surface area contributed by atoms with Crippen molar-refractivity contribution in [3.63, 3.8) is 0 Å². The van der Waals surface area contributed by atoms with Gasteiger partial charge in [-0.05, 0) is 24.5 Å². The van der Waals surface area contributed by atoms with Crippen molar-refractivity contribution in [2.45, 2.75) is 25.8 Å². The van der Waals surface area contributed by atoms with E-state index in [9.17, 15) is 4.79 Å². The van der Waals surface area contributed by atoms with Crippen molar-refractivity contribution in [2.24, 2.45) is 5.92 Å². The molecule has 2 unspecified atom stereocenters. The number of nitrogens with zero attached hydrogens (tertiary/aromatic N) is 1. The van der Waals surface area contributed by atoms with Crippen LogP contribution in [0.5, 0.6) is 0 Å². The smallest absolute Gasteiger partial charge is 0.271 e. The van der Waals surface area contributed by atoms with E-state index in [0.29, 0.717) is 23.6 Å². The normalized spacial score (nSPS) is 20.8. The van der Waals surface area contributed by atoms with Gasteiger partial charge in [-0.1, -0.05) is 18.8 Å². The molecular formula is C14H16N2O2. The second-order valence-corrected chi connectivity index (χ2v) is 4.47. The third-order valence-electron chi connectivity index (χ3n) is 2.91. The molecule has 2 atom stereocenters. The van der Waals surface area contributed by atoms with E-state index in [0.717, 1.165) is 6.42 Å². The number of aliphatic hydroxyl groups is 1. The summed E-state index contributed by atoms with van der Waals surface area (Å²) in [6.45, 7) is 2.12. The second kappa shape index (κ2) is 5.65. The first-order valence-corrected chi connectivity index (χ1v) is 6.08. The molecule has 1 aliphatic rings. The van der Waals surface area contributed by atoms with Gasteiger partial charge in [0, 0.05) is 18.7 Å². The van der Waals surface area contributed by atoms with Gasteiger partial charge in [0.05, 0.1) is 12.2 Å². The molecule has 1 aromatic rings. The van der Waals surface area contributed by atoms with Gasteiger partial charge in [0.25, 0.3) is 5.91 Å². The quantitative estimate of drug-likeness (QED) is 0.778. The SMILES string of the molecule is CC1CC1NC(=O)c1ncccc1C#CCCO. The molecule has 0 spiro atoms. The van der Waals surface area contributed by atoms with Crippen molar-refractivity contribution >= 4 is 5.91 Å². The van der Waals surface area contributed by atoms with E-state index in [-0.39, 0.29) is 18.6 Å². The minimum atomic E-state index is -0.168. The lowest BCUT2D eigenvalue weighted by Crippen LogP contribution is -2.28. The Hall–Kier alpha value is -1.86. The van der Waals surface area contributed by atoms with E-state index in [1.807, 2.05) is 0 Å². The highest BCUT2D eigenvalue weighted by molar-refractivity contribution is 5.95. The summed E-state index contributed by atoms with van der Waals surface area (Å²) < 4.78 is 0.